The van der Waals surface area contributed by atoms with Crippen molar-refractivity contribution in [3.8, 4) is 0 Å². The molecule has 2 fully saturated rings. The number of aliphatic hydroxyl groups excluding tert-OH is 1. The van der Waals surface area contributed by atoms with Crippen molar-refractivity contribution in [2.45, 2.75) is 31.2 Å². The Morgan fingerprint density at radius 2 is 1.81 bits per heavy atom. The molecule has 16 heavy (non-hydrogen) atoms. The molecule has 0 aromatic heterocycles. The second kappa shape index (κ2) is 4.94. The van der Waals surface area contributed by atoms with E-state index in [-0.39, 0.29) is 19.4 Å². The second-order valence-electron chi connectivity index (χ2n) is 4.88. The van der Waals surface area contributed by atoms with E-state index < -0.39 is 5.92 Å². The summed E-state index contributed by atoms with van der Waals surface area (Å²) < 4.78 is 25.9. The largest absolute Gasteiger partial charge is 0.396 e. The van der Waals surface area contributed by atoms with Crippen LogP contribution >= 0.6 is 0 Å². The Morgan fingerprint density at radius 1 is 1.19 bits per heavy atom. The molecule has 0 radical (unpaired) electrons. The smallest absolute Gasteiger partial charge is 0.250 e. The van der Waals surface area contributed by atoms with E-state index in [1.807, 2.05) is 0 Å². The molecule has 2 rings (SSSR count). The van der Waals surface area contributed by atoms with Crippen molar-refractivity contribution in [3.05, 3.63) is 0 Å². The monoisotopic (exact) mass is 234 g/mol. The topological polar surface area (TPSA) is 26.7 Å². The third-order valence-corrected chi connectivity index (χ3v) is 3.62. The fourth-order valence-corrected chi connectivity index (χ4v) is 2.47. The molecule has 0 saturated carbocycles. The number of hydrogen-bond acceptors (Lipinski definition) is 3. The molecule has 0 bridgehead atoms. The Labute approximate surface area is 95.0 Å². The summed E-state index contributed by atoms with van der Waals surface area (Å²) >= 11 is 0. The first kappa shape index (κ1) is 12.2. The van der Waals surface area contributed by atoms with Gasteiger partial charge in [0, 0.05) is 58.2 Å². The van der Waals surface area contributed by atoms with Gasteiger partial charge >= 0.3 is 0 Å². The molecule has 0 spiro atoms. The van der Waals surface area contributed by atoms with E-state index in [1.54, 1.807) is 0 Å². The summed E-state index contributed by atoms with van der Waals surface area (Å²) in [6.45, 7) is 4.18. The van der Waals surface area contributed by atoms with Crippen LogP contribution in [-0.4, -0.2) is 66.2 Å². The Balaban J connectivity index is 1.65. The number of piperidine rings is 1. The van der Waals surface area contributed by atoms with Crippen LogP contribution in [0.4, 0.5) is 8.78 Å². The summed E-state index contributed by atoms with van der Waals surface area (Å²) in [7, 11) is 0. The summed E-state index contributed by atoms with van der Waals surface area (Å²) in [5.74, 6) is -2.43. The zero-order valence-electron chi connectivity index (χ0n) is 9.54. The molecule has 2 aliphatic heterocycles. The molecule has 2 aliphatic rings. The van der Waals surface area contributed by atoms with Crippen molar-refractivity contribution < 1.29 is 13.9 Å². The van der Waals surface area contributed by atoms with Crippen molar-refractivity contribution in [1.82, 2.24) is 9.80 Å². The van der Waals surface area contributed by atoms with Gasteiger partial charge in [-0.1, -0.05) is 0 Å². The third kappa shape index (κ3) is 2.90. The minimum atomic E-state index is -2.43. The molecular weight excluding hydrogens is 214 g/mol. The van der Waals surface area contributed by atoms with Gasteiger partial charge in [-0.05, 0) is 6.42 Å². The van der Waals surface area contributed by atoms with Gasteiger partial charge in [0.25, 0.3) is 5.92 Å². The summed E-state index contributed by atoms with van der Waals surface area (Å²) in [6, 6.07) is 0.467. The van der Waals surface area contributed by atoms with Gasteiger partial charge in [0.15, 0.2) is 0 Å². The zero-order valence-corrected chi connectivity index (χ0v) is 9.54. The highest BCUT2D eigenvalue weighted by atomic mass is 19.3. The van der Waals surface area contributed by atoms with Gasteiger partial charge in [0.05, 0.1) is 0 Å². The van der Waals surface area contributed by atoms with E-state index in [1.165, 1.54) is 0 Å². The van der Waals surface area contributed by atoms with Crippen LogP contribution in [0.25, 0.3) is 0 Å². The molecule has 0 amide bonds. The molecule has 0 aliphatic carbocycles. The first-order valence-electron chi connectivity index (χ1n) is 6.06. The minimum Gasteiger partial charge on any atom is -0.396 e. The highest BCUT2D eigenvalue weighted by molar-refractivity contribution is 4.91. The molecule has 1 N–H and O–H groups in total. The zero-order chi connectivity index (χ0) is 11.6. The minimum absolute atomic E-state index is 0.0140. The Bertz CT molecular complexity index is 222. The average Bonchev–Trinajstić information content (AvgIpc) is 2.18. The fraction of sp³-hybridized carbons (Fsp3) is 1.00. The maximum absolute atomic E-state index is 12.9. The van der Waals surface area contributed by atoms with Crippen LogP contribution in [0.2, 0.25) is 0 Å². The molecule has 94 valence electrons. The van der Waals surface area contributed by atoms with E-state index in [0.717, 1.165) is 26.1 Å². The summed E-state index contributed by atoms with van der Waals surface area (Å²) in [5, 5.41) is 8.69. The average molecular weight is 234 g/mol. The molecule has 0 aromatic carbocycles. The van der Waals surface area contributed by atoms with Crippen molar-refractivity contribution in [3.63, 3.8) is 0 Å². The Hall–Kier alpha value is -0.260. The summed E-state index contributed by atoms with van der Waals surface area (Å²) in [5.41, 5.74) is 0. The number of nitrogens with zero attached hydrogens (tertiary/aromatic N) is 2. The van der Waals surface area contributed by atoms with Gasteiger partial charge in [-0.3, -0.25) is 4.90 Å². The van der Waals surface area contributed by atoms with Gasteiger partial charge in [-0.2, -0.15) is 0 Å². The van der Waals surface area contributed by atoms with Crippen LogP contribution in [0.5, 0.6) is 0 Å². The van der Waals surface area contributed by atoms with E-state index in [9.17, 15) is 8.78 Å². The third-order valence-electron chi connectivity index (χ3n) is 3.62. The molecular formula is C11H20F2N2O. The van der Waals surface area contributed by atoms with Crippen LogP contribution in [0.1, 0.15) is 19.3 Å². The number of aliphatic hydroxyl groups is 1. The van der Waals surface area contributed by atoms with Crippen molar-refractivity contribution >= 4 is 0 Å². The molecule has 2 saturated heterocycles. The molecule has 3 nitrogen and oxygen atoms in total. The summed E-state index contributed by atoms with van der Waals surface area (Å²) in [4.78, 5) is 4.46. The van der Waals surface area contributed by atoms with Crippen LogP contribution in [-0.2, 0) is 0 Å². The van der Waals surface area contributed by atoms with Gasteiger partial charge < -0.3 is 10.0 Å². The predicted octanol–water partition coefficient (Wildman–Crippen LogP) is 0.784. The van der Waals surface area contributed by atoms with Crippen LogP contribution in [0, 0.1) is 0 Å². The Morgan fingerprint density at radius 3 is 2.38 bits per heavy atom. The number of halogens is 2. The van der Waals surface area contributed by atoms with E-state index in [0.29, 0.717) is 19.1 Å². The molecule has 0 aromatic rings. The van der Waals surface area contributed by atoms with Crippen LogP contribution < -0.4 is 0 Å². The van der Waals surface area contributed by atoms with Gasteiger partial charge in [-0.15, -0.1) is 0 Å². The standard InChI is InChI=1S/C11H20F2N2O/c12-11(13)2-5-15(6-3-11)10-8-14(9-10)4-1-7-16/h10,16H,1-9H2. The van der Waals surface area contributed by atoms with Crippen molar-refractivity contribution in [2.75, 3.05) is 39.3 Å². The Kier molecular flexibility index (Phi) is 3.77. The highest BCUT2D eigenvalue weighted by Gasteiger charge is 2.39. The SMILES string of the molecule is OCCCN1CC(N2CCC(F)(F)CC2)C1. The predicted molar refractivity (Wildman–Crippen MR) is 57.7 cm³/mol. The maximum Gasteiger partial charge on any atom is 0.250 e. The highest BCUT2D eigenvalue weighted by Crippen LogP contribution is 2.30. The van der Waals surface area contributed by atoms with Gasteiger partial charge in [-0.25, -0.2) is 8.78 Å². The lowest BCUT2D eigenvalue weighted by molar-refractivity contribution is -0.0800. The van der Waals surface area contributed by atoms with Crippen molar-refractivity contribution in [1.29, 1.82) is 0 Å². The van der Waals surface area contributed by atoms with Gasteiger partial charge in [0.2, 0.25) is 0 Å². The number of alkyl halides is 2. The number of likely N-dealkylation sites (tertiary alicyclic amines) is 2. The first-order valence-corrected chi connectivity index (χ1v) is 6.06. The molecule has 0 atom stereocenters. The fourth-order valence-electron chi connectivity index (χ4n) is 2.47. The van der Waals surface area contributed by atoms with E-state index in [2.05, 4.69) is 9.80 Å². The number of hydrogen-bond donors (Lipinski definition) is 1. The maximum atomic E-state index is 12.9. The lowest BCUT2D eigenvalue weighted by Crippen LogP contribution is -2.61. The normalized spacial score (nSPS) is 27.9. The quantitative estimate of drug-likeness (QED) is 0.779. The summed E-state index contributed by atoms with van der Waals surface area (Å²) in [6.07, 6.45) is 0.838. The van der Waals surface area contributed by atoms with E-state index >= 15 is 0 Å². The lowest BCUT2D eigenvalue weighted by Gasteiger charge is -2.47. The molecule has 0 unspecified atom stereocenters. The molecule has 2 heterocycles. The van der Waals surface area contributed by atoms with Crippen LogP contribution in [0.15, 0.2) is 0 Å². The van der Waals surface area contributed by atoms with Crippen LogP contribution in [0.3, 0.4) is 0 Å². The second-order valence-corrected chi connectivity index (χ2v) is 4.88. The first-order chi connectivity index (χ1) is 7.61. The van der Waals surface area contributed by atoms with E-state index in [4.69, 9.17) is 5.11 Å². The lowest BCUT2D eigenvalue weighted by atomic mass is 10.0. The van der Waals surface area contributed by atoms with Crippen molar-refractivity contribution in [2.24, 2.45) is 0 Å². The van der Waals surface area contributed by atoms with Gasteiger partial charge in [0.1, 0.15) is 0 Å². The number of rotatable bonds is 4. The molecule has 5 heteroatoms.